The summed E-state index contributed by atoms with van der Waals surface area (Å²) in [4.78, 5) is 9.83. The van der Waals surface area contributed by atoms with Crippen molar-refractivity contribution < 1.29 is 4.74 Å². The van der Waals surface area contributed by atoms with E-state index in [2.05, 4.69) is 29.0 Å². The fourth-order valence-corrected chi connectivity index (χ4v) is 3.84. The molecule has 1 aliphatic carbocycles. The molecule has 3 aliphatic rings. The minimum absolute atomic E-state index is 0.674. The lowest BCUT2D eigenvalue weighted by Crippen LogP contribution is -2.47. The monoisotopic (exact) mass is 308 g/mol. The number of hydrogen-bond acceptors (Lipinski definition) is 3. The molecule has 1 saturated carbocycles. The number of aliphatic imine (C=N–C) groups is 1. The zero-order valence-corrected chi connectivity index (χ0v) is 14.3. The molecule has 3 atom stereocenters. The first-order chi connectivity index (χ1) is 10.8. The van der Waals surface area contributed by atoms with Gasteiger partial charge >= 0.3 is 0 Å². The molecule has 126 valence electrons. The van der Waals surface area contributed by atoms with Crippen LogP contribution in [0.2, 0.25) is 0 Å². The molecule has 1 N–H and O–H groups in total. The van der Waals surface area contributed by atoms with Crippen molar-refractivity contribution in [2.45, 2.75) is 51.6 Å². The molecule has 0 amide bonds. The van der Waals surface area contributed by atoms with E-state index < -0.39 is 0 Å². The van der Waals surface area contributed by atoms with Crippen LogP contribution >= 0.6 is 0 Å². The molecule has 3 rings (SSSR count). The van der Waals surface area contributed by atoms with Gasteiger partial charge in [-0.15, -0.1) is 0 Å². The van der Waals surface area contributed by atoms with Gasteiger partial charge in [-0.2, -0.15) is 0 Å². The normalized spacial score (nSPS) is 33.3. The molecule has 0 bridgehead atoms. The van der Waals surface area contributed by atoms with E-state index in [4.69, 9.17) is 9.73 Å². The molecule has 0 spiro atoms. The van der Waals surface area contributed by atoms with Crippen molar-refractivity contribution >= 4 is 5.96 Å². The van der Waals surface area contributed by atoms with Crippen LogP contribution in [-0.2, 0) is 4.74 Å². The first-order valence-electron chi connectivity index (χ1n) is 9.19. The highest BCUT2D eigenvalue weighted by atomic mass is 16.5. The molecule has 0 radical (unpaired) electrons. The van der Waals surface area contributed by atoms with Crippen molar-refractivity contribution in [2.24, 2.45) is 10.9 Å². The summed E-state index contributed by atoms with van der Waals surface area (Å²) < 4.78 is 5.48. The Morgan fingerprint density at radius 1 is 1.23 bits per heavy atom. The molecule has 0 aromatic carbocycles. The van der Waals surface area contributed by atoms with Gasteiger partial charge in [0, 0.05) is 44.8 Å². The van der Waals surface area contributed by atoms with E-state index in [0.29, 0.717) is 12.1 Å². The first-order valence-corrected chi connectivity index (χ1v) is 9.19. The molecule has 5 heteroatoms. The Hall–Kier alpha value is -0.810. The molecule has 3 fully saturated rings. The van der Waals surface area contributed by atoms with Crippen LogP contribution in [0.4, 0.5) is 0 Å². The number of nitrogens with zero attached hydrogens (tertiary/aromatic N) is 3. The summed E-state index contributed by atoms with van der Waals surface area (Å²) in [5.41, 5.74) is 0. The fourth-order valence-electron chi connectivity index (χ4n) is 3.84. The number of likely N-dealkylation sites (tertiary alicyclic amines) is 1. The molecule has 3 unspecified atom stereocenters. The number of guanidine groups is 1. The van der Waals surface area contributed by atoms with Gasteiger partial charge in [-0.1, -0.05) is 13.3 Å². The maximum atomic E-state index is 5.48. The fraction of sp³-hybridized carbons (Fsp3) is 0.941. The standard InChI is InChI=1S/C17H32N4O/c1-3-5-14-12-16(14)19-17(18-4-2)21-7-6-15(13-21)20-8-10-22-11-9-20/h14-16H,3-13H2,1-2H3,(H,18,19). The minimum Gasteiger partial charge on any atom is -0.379 e. The maximum Gasteiger partial charge on any atom is 0.194 e. The number of morpholine rings is 1. The van der Waals surface area contributed by atoms with Crippen LogP contribution in [0.3, 0.4) is 0 Å². The summed E-state index contributed by atoms with van der Waals surface area (Å²) in [7, 11) is 0. The molecule has 2 aliphatic heterocycles. The third-order valence-corrected chi connectivity index (χ3v) is 5.23. The predicted molar refractivity (Wildman–Crippen MR) is 90.3 cm³/mol. The zero-order valence-electron chi connectivity index (χ0n) is 14.3. The Morgan fingerprint density at radius 2 is 2.05 bits per heavy atom. The van der Waals surface area contributed by atoms with E-state index in [1.165, 1.54) is 25.7 Å². The first kappa shape index (κ1) is 16.1. The van der Waals surface area contributed by atoms with Gasteiger partial charge in [-0.25, -0.2) is 0 Å². The number of ether oxygens (including phenoxy) is 1. The van der Waals surface area contributed by atoms with Crippen molar-refractivity contribution in [1.82, 2.24) is 15.1 Å². The topological polar surface area (TPSA) is 40.1 Å². The van der Waals surface area contributed by atoms with Crippen LogP contribution < -0.4 is 5.32 Å². The van der Waals surface area contributed by atoms with Crippen molar-refractivity contribution in [3.8, 4) is 0 Å². The SMILES string of the molecule is CCCC1CC1NC(=NCC)N1CCC(N2CCOCC2)C1. The second-order valence-corrected chi connectivity index (χ2v) is 6.87. The molecule has 0 aromatic rings. The molecule has 2 saturated heterocycles. The summed E-state index contributed by atoms with van der Waals surface area (Å²) in [6.45, 7) is 11.5. The summed E-state index contributed by atoms with van der Waals surface area (Å²) >= 11 is 0. The van der Waals surface area contributed by atoms with E-state index in [-0.39, 0.29) is 0 Å². The summed E-state index contributed by atoms with van der Waals surface area (Å²) in [5, 5.41) is 3.72. The minimum atomic E-state index is 0.674. The predicted octanol–water partition coefficient (Wildman–Crippen LogP) is 1.55. The van der Waals surface area contributed by atoms with Crippen molar-refractivity contribution in [3.05, 3.63) is 0 Å². The Balaban J connectivity index is 1.51. The van der Waals surface area contributed by atoms with Gasteiger partial charge in [0.05, 0.1) is 13.2 Å². The van der Waals surface area contributed by atoms with Crippen molar-refractivity contribution in [2.75, 3.05) is 45.9 Å². The van der Waals surface area contributed by atoms with Gasteiger partial charge in [-0.05, 0) is 32.1 Å². The molecular weight excluding hydrogens is 276 g/mol. The van der Waals surface area contributed by atoms with E-state index >= 15 is 0 Å². The van der Waals surface area contributed by atoms with Crippen LogP contribution in [0.15, 0.2) is 4.99 Å². The smallest absolute Gasteiger partial charge is 0.194 e. The van der Waals surface area contributed by atoms with E-state index in [1.54, 1.807) is 0 Å². The van der Waals surface area contributed by atoms with Crippen molar-refractivity contribution in [3.63, 3.8) is 0 Å². The molecule has 5 nitrogen and oxygen atoms in total. The van der Waals surface area contributed by atoms with Gasteiger partial charge in [0.25, 0.3) is 0 Å². The lowest BCUT2D eigenvalue weighted by Gasteiger charge is -2.32. The molecular formula is C17H32N4O. The Bertz CT molecular complexity index is 381. The average Bonchev–Trinajstić information content (AvgIpc) is 3.09. The van der Waals surface area contributed by atoms with Crippen LogP contribution in [-0.4, -0.2) is 73.8 Å². The van der Waals surface area contributed by atoms with Crippen LogP contribution in [0.1, 0.15) is 39.5 Å². The maximum absolute atomic E-state index is 5.48. The Kier molecular flexibility index (Phi) is 5.58. The lowest BCUT2D eigenvalue weighted by atomic mass is 10.2. The summed E-state index contributed by atoms with van der Waals surface area (Å²) in [5.74, 6) is 2.03. The zero-order chi connectivity index (χ0) is 15.4. The average molecular weight is 308 g/mol. The highest BCUT2D eigenvalue weighted by molar-refractivity contribution is 5.81. The van der Waals surface area contributed by atoms with E-state index in [0.717, 1.165) is 57.8 Å². The second kappa shape index (κ2) is 7.64. The van der Waals surface area contributed by atoms with Gasteiger partial charge in [0.1, 0.15) is 0 Å². The quantitative estimate of drug-likeness (QED) is 0.618. The third kappa shape index (κ3) is 3.93. The number of nitrogens with one attached hydrogen (secondary N) is 1. The van der Waals surface area contributed by atoms with E-state index in [9.17, 15) is 0 Å². The Labute approximate surface area is 135 Å². The van der Waals surface area contributed by atoms with Gasteiger partial charge in [0.2, 0.25) is 0 Å². The number of rotatable bonds is 5. The molecule has 2 heterocycles. The summed E-state index contributed by atoms with van der Waals surface area (Å²) in [6, 6.07) is 1.35. The number of hydrogen-bond donors (Lipinski definition) is 1. The highest BCUT2D eigenvalue weighted by Crippen LogP contribution is 2.34. The Morgan fingerprint density at radius 3 is 2.77 bits per heavy atom. The van der Waals surface area contributed by atoms with Crippen LogP contribution in [0.5, 0.6) is 0 Å². The third-order valence-electron chi connectivity index (χ3n) is 5.23. The second-order valence-electron chi connectivity index (χ2n) is 6.87. The van der Waals surface area contributed by atoms with Gasteiger partial charge in [0.15, 0.2) is 5.96 Å². The van der Waals surface area contributed by atoms with Crippen LogP contribution in [0.25, 0.3) is 0 Å². The van der Waals surface area contributed by atoms with E-state index in [1.807, 2.05) is 0 Å². The largest absolute Gasteiger partial charge is 0.379 e. The van der Waals surface area contributed by atoms with Crippen LogP contribution in [0, 0.1) is 5.92 Å². The molecule has 22 heavy (non-hydrogen) atoms. The lowest BCUT2D eigenvalue weighted by molar-refractivity contribution is 0.0195. The van der Waals surface area contributed by atoms with Gasteiger partial charge < -0.3 is 15.0 Å². The molecule has 0 aromatic heterocycles. The van der Waals surface area contributed by atoms with Crippen molar-refractivity contribution in [1.29, 1.82) is 0 Å². The highest BCUT2D eigenvalue weighted by Gasteiger charge is 2.38. The van der Waals surface area contributed by atoms with Gasteiger partial charge in [-0.3, -0.25) is 9.89 Å². The summed E-state index contributed by atoms with van der Waals surface area (Å²) in [6.07, 6.45) is 5.24.